The summed E-state index contributed by atoms with van der Waals surface area (Å²) in [4.78, 5) is 49.9. The van der Waals surface area contributed by atoms with Gasteiger partial charge in [-0.05, 0) is 76.1 Å². The van der Waals surface area contributed by atoms with Gasteiger partial charge in [-0.3, -0.25) is 14.9 Å². The second kappa shape index (κ2) is 15.0. The van der Waals surface area contributed by atoms with E-state index >= 15 is 0 Å². The molecule has 0 saturated carbocycles. The molecule has 1 amide bonds. The number of hydrogen-bond acceptors (Lipinski definition) is 10. The summed E-state index contributed by atoms with van der Waals surface area (Å²) in [6, 6.07) is 14.1. The lowest BCUT2D eigenvalue weighted by Crippen LogP contribution is -2.44. The Bertz CT molecular complexity index is 1240. The van der Waals surface area contributed by atoms with Gasteiger partial charge >= 0.3 is 24.0 Å². The maximum Gasteiger partial charge on any atom is 0.410 e. The van der Waals surface area contributed by atoms with Crippen molar-refractivity contribution in [3.63, 3.8) is 0 Å². The van der Waals surface area contributed by atoms with Crippen molar-refractivity contribution >= 4 is 24.0 Å². The molecule has 2 aromatic rings. The maximum atomic E-state index is 13.2. The third kappa shape index (κ3) is 9.79. The van der Waals surface area contributed by atoms with Crippen molar-refractivity contribution < 1.29 is 38.1 Å². The summed E-state index contributed by atoms with van der Waals surface area (Å²) in [7, 11) is 0. The van der Waals surface area contributed by atoms with Crippen LogP contribution in [0.4, 0.5) is 4.79 Å². The Morgan fingerprint density at radius 3 is 1.84 bits per heavy atom. The normalized spacial score (nSPS) is 15.2. The van der Waals surface area contributed by atoms with E-state index in [1.54, 1.807) is 20.8 Å². The van der Waals surface area contributed by atoms with Crippen molar-refractivity contribution in [3.8, 4) is 11.1 Å². The average molecular weight is 598 g/mol. The van der Waals surface area contributed by atoms with Crippen LogP contribution in [-0.2, 0) is 33.3 Å². The zero-order valence-electron chi connectivity index (χ0n) is 25.5. The molecular weight excluding hydrogens is 554 g/mol. The highest BCUT2D eigenvalue weighted by Crippen LogP contribution is 2.44. The van der Waals surface area contributed by atoms with Crippen LogP contribution in [0.5, 0.6) is 0 Å². The SMILES string of the molecule is C[C@H](N)C(=O)OC(CCCCC(OC(=O)[C@H](C)N)C(=O)OCC1c2ccccc2-c2ccccc21)NC(=O)OC(C)(C)C. The topological polar surface area (TPSA) is 169 Å². The Morgan fingerprint density at radius 2 is 1.30 bits per heavy atom. The van der Waals surface area contributed by atoms with Crippen LogP contribution in [0.1, 0.15) is 77.3 Å². The van der Waals surface area contributed by atoms with Gasteiger partial charge in [-0.2, -0.15) is 0 Å². The summed E-state index contributed by atoms with van der Waals surface area (Å²) in [5, 5.41) is 2.53. The number of carbonyl (C=O) groups is 4. The number of carbonyl (C=O) groups excluding carboxylic acids is 4. The van der Waals surface area contributed by atoms with E-state index in [4.69, 9.17) is 30.4 Å². The molecule has 0 heterocycles. The number of nitrogens with one attached hydrogen (secondary N) is 1. The minimum Gasteiger partial charge on any atom is -0.462 e. The van der Waals surface area contributed by atoms with Gasteiger partial charge in [-0.25, -0.2) is 9.59 Å². The third-order valence-electron chi connectivity index (χ3n) is 6.74. The van der Waals surface area contributed by atoms with Crippen LogP contribution in [0.15, 0.2) is 48.5 Å². The first-order valence-electron chi connectivity index (χ1n) is 14.5. The molecule has 234 valence electrons. The van der Waals surface area contributed by atoms with Crippen LogP contribution in [0.3, 0.4) is 0 Å². The van der Waals surface area contributed by atoms with Crippen LogP contribution in [0.25, 0.3) is 11.1 Å². The van der Waals surface area contributed by atoms with E-state index in [9.17, 15) is 19.2 Å². The summed E-state index contributed by atoms with van der Waals surface area (Å²) in [5.41, 5.74) is 14.9. The number of benzene rings is 2. The average Bonchev–Trinajstić information content (AvgIpc) is 3.25. The quantitative estimate of drug-likeness (QED) is 0.133. The molecule has 1 aliphatic carbocycles. The Kier molecular flexibility index (Phi) is 11.7. The van der Waals surface area contributed by atoms with E-state index in [0.29, 0.717) is 12.8 Å². The van der Waals surface area contributed by atoms with E-state index < -0.39 is 54.0 Å². The number of ether oxygens (including phenoxy) is 4. The Labute approximate surface area is 252 Å². The summed E-state index contributed by atoms with van der Waals surface area (Å²) in [5.74, 6) is -2.25. The first-order chi connectivity index (χ1) is 20.3. The lowest BCUT2D eigenvalue weighted by atomic mass is 9.98. The van der Waals surface area contributed by atoms with E-state index in [2.05, 4.69) is 5.32 Å². The smallest absolute Gasteiger partial charge is 0.410 e. The zero-order valence-corrected chi connectivity index (χ0v) is 25.5. The molecule has 0 aliphatic heterocycles. The minimum absolute atomic E-state index is 0.0776. The number of fused-ring (bicyclic) bond motifs is 3. The molecule has 0 fully saturated rings. The van der Waals surface area contributed by atoms with Gasteiger partial charge < -0.3 is 30.4 Å². The fourth-order valence-corrected chi connectivity index (χ4v) is 4.68. The number of esters is 3. The van der Waals surface area contributed by atoms with Crippen molar-refractivity contribution in [1.82, 2.24) is 5.32 Å². The van der Waals surface area contributed by atoms with Gasteiger partial charge in [-0.15, -0.1) is 0 Å². The summed E-state index contributed by atoms with van der Waals surface area (Å²) >= 11 is 0. The van der Waals surface area contributed by atoms with E-state index in [1.807, 2.05) is 48.5 Å². The van der Waals surface area contributed by atoms with Gasteiger partial charge in [0.25, 0.3) is 0 Å². The molecule has 11 heteroatoms. The molecule has 0 aromatic heterocycles. The van der Waals surface area contributed by atoms with E-state index in [1.165, 1.54) is 13.8 Å². The van der Waals surface area contributed by atoms with Crippen LogP contribution < -0.4 is 16.8 Å². The molecule has 0 bridgehead atoms. The van der Waals surface area contributed by atoms with Gasteiger partial charge in [0.15, 0.2) is 12.3 Å². The monoisotopic (exact) mass is 597 g/mol. The number of unbranched alkanes of at least 4 members (excludes halogenated alkanes) is 1. The molecule has 3 rings (SSSR count). The Morgan fingerprint density at radius 1 is 0.791 bits per heavy atom. The number of rotatable bonds is 13. The number of nitrogens with two attached hydrogens (primary N) is 2. The van der Waals surface area contributed by atoms with Gasteiger partial charge in [0.1, 0.15) is 24.3 Å². The first-order valence-corrected chi connectivity index (χ1v) is 14.5. The summed E-state index contributed by atoms with van der Waals surface area (Å²) in [6.07, 6.45) is -1.83. The van der Waals surface area contributed by atoms with Crippen molar-refractivity contribution in [1.29, 1.82) is 0 Å². The fraction of sp³-hybridized carbons (Fsp3) is 0.500. The third-order valence-corrected chi connectivity index (χ3v) is 6.74. The zero-order chi connectivity index (χ0) is 31.7. The predicted octanol–water partition coefficient (Wildman–Crippen LogP) is 3.90. The molecule has 0 radical (unpaired) electrons. The van der Waals surface area contributed by atoms with Crippen molar-refractivity contribution in [2.45, 2.75) is 96.2 Å². The van der Waals surface area contributed by atoms with Gasteiger partial charge in [0, 0.05) is 12.3 Å². The highest BCUT2D eigenvalue weighted by atomic mass is 16.6. The Hall–Kier alpha value is -3.96. The lowest BCUT2D eigenvalue weighted by Gasteiger charge is -2.24. The molecular formula is C32H43N3O8. The predicted molar refractivity (Wildman–Crippen MR) is 160 cm³/mol. The van der Waals surface area contributed by atoms with E-state index in [0.717, 1.165) is 22.3 Å². The second-order valence-electron chi connectivity index (χ2n) is 11.7. The van der Waals surface area contributed by atoms with Crippen LogP contribution in [-0.4, -0.2) is 60.6 Å². The molecule has 2 aromatic carbocycles. The maximum absolute atomic E-state index is 13.2. The number of amides is 1. The molecule has 1 aliphatic rings. The summed E-state index contributed by atoms with van der Waals surface area (Å²) in [6.45, 7) is 8.15. The lowest BCUT2D eigenvalue weighted by molar-refractivity contribution is -0.169. The first kappa shape index (κ1) is 33.5. The van der Waals surface area contributed by atoms with E-state index in [-0.39, 0.29) is 25.4 Å². The molecule has 5 N–H and O–H groups in total. The highest BCUT2D eigenvalue weighted by molar-refractivity contribution is 5.82. The van der Waals surface area contributed by atoms with Gasteiger partial charge in [0.05, 0.1) is 0 Å². The molecule has 2 unspecified atom stereocenters. The molecule has 4 atom stereocenters. The largest absolute Gasteiger partial charge is 0.462 e. The van der Waals surface area contributed by atoms with Crippen LogP contribution in [0.2, 0.25) is 0 Å². The van der Waals surface area contributed by atoms with Crippen molar-refractivity contribution in [2.75, 3.05) is 6.61 Å². The van der Waals surface area contributed by atoms with Crippen LogP contribution in [0, 0.1) is 0 Å². The fourth-order valence-electron chi connectivity index (χ4n) is 4.68. The second-order valence-corrected chi connectivity index (χ2v) is 11.7. The van der Waals surface area contributed by atoms with Crippen molar-refractivity contribution in [3.05, 3.63) is 59.7 Å². The number of hydrogen-bond donors (Lipinski definition) is 3. The Balaban J connectivity index is 1.63. The standard InChI is InChI=1S/C32H43N3O8/c1-19(33)28(36)41-26(16-10-11-17-27(42-29(37)20(2)34)35-31(39)43-32(3,4)5)30(38)40-18-25-23-14-8-6-12-21(23)22-13-7-9-15-24(22)25/h6-9,12-15,19-20,25-27H,10-11,16-18,33-34H2,1-5H3,(H,35,39)/t19-,20-,26?,27?/m0/s1. The van der Waals surface area contributed by atoms with Crippen molar-refractivity contribution in [2.24, 2.45) is 11.5 Å². The van der Waals surface area contributed by atoms with Gasteiger partial charge in [0.2, 0.25) is 0 Å². The molecule has 0 spiro atoms. The molecule has 43 heavy (non-hydrogen) atoms. The number of alkyl carbamates (subject to hydrolysis) is 1. The summed E-state index contributed by atoms with van der Waals surface area (Å²) < 4.78 is 21.7. The molecule has 0 saturated heterocycles. The van der Waals surface area contributed by atoms with Gasteiger partial charge in [-0.1, -0.05) is 48.5 Å². The highest BCUT2D eigenvalue weighted by Gasteiger charge is 2.32. The van der Waals surface area contributed by atoms with Crippen LogP contribution >= 0.6 is 0 Å². The molecule has 11 nitrogen and oxygen atoms in total. The minimum atomic E-state index is -1.19.